The van der Waals surface area contributed by atoms with E-state index in [-0.39, 0.29) is 17.6 Å². The van der Waals surface area contributed by atoms with E-state index in [4.69, 9.17) is 0 Å². The number of carbonyl (C=O) groups excluding carboxylic acids is 2. The highest BCUT2D eigenvalue weighted by Gasteiger charge is 2.22. The molecule has 1 aliphatic rings. The second kappa shape index (κ2) is 11.0. The van der Waals surface area contributed by atoms with E-state index >= 15 is 0 Å². The minimum atomic E-state index is -0.0967. The third-order valence-corrected chi connectivity index (χ3v) is 6.84. The summed E-state index contributed by atoms with van der Waals surface area (Å²) in [6.45, 7) is 6.71. The number of piperazine rings is 1. The van der Waals surface area contributed by atoms with Gasteiger partial charge in [-0.25, -0.2) is 9.97 Å². The fourth-order valence-corrected chi connectivity index (χ4v) is 4.80. The van der Waals surface area contributed by atoms with Gasteiger partial charge in [-0.1, -0.05) is 27.7 Å². The first-order valence-electron chi connectivity index (χ1n) is 11.0. The molecule has 9 heteroatoms. The van der Waals surface area contributed by atoms with Gasteiger partial charge < -0.3 is 15.1 Å². The lowest BCUT2D eigenvalue weighted by Gasteiger charge is -2.36. The van der Waals surface area contributed by atoms with Crippen LogP contribution in [-0.2, 0) is 4.79 Å². The number of thioether (sulfide) groups is 1. The number of rotatable bonds is 6. The van der Waals surface area contributed by atoms with Gasteiger partial charge in [0.1, 0.15) is 0 Å². The fourth-order valence-electron chi connectivity index (χ4n) is 3.78. The number of benzene rings is 2. The largest absolute Gasteiger partial charge is 0.368 e. The Bertz CT molecular complexity index is 1140. The molecule has 0 spiro atoms. The third kappa shape index (κ3) is 6.36. The summed E-state index contributed by atoms with van der Waals surface area (Å²) < 4.78 is 0.961. The molecule has 7 nitrogen and oxygen atoms in total. The Balaban J connectivity index is 1.26. The Kier molecular flexibility index (Phi) is 7.84. The van der Waals surface area contributed by atoms with Crippen molar-refractivity contribution in [2.75, 3.05) is 42.1 Å². The fraction of sp³-hybridized carbons (Fsp3) is 0.280. The van der Waals surface area contributed by atoms with Gasteiger partial charge in [0.15, 0.2) is 5.16 Å². The van der Waals surface area contributed by atoms with Crippen LogP contribution in [0.1, 0.15) is 21.7 Å². The molecule has 0 aliphatic carbocycles. The number of hydrogen-bond acceptors (Lipinski definition) is 6. The van der Waals surface area contributed by atoms with Crippen molar-refractivity contribution in [1.29, 1.82) is 0 Å². The van der Waals surface area contributed by atoms with Gasteiger partial charge in [-0.2, -0.15) is 0 Å². The summed E-state index contributed by atoms with van der Waals surface area (Å²) in [6.07, 6.45) is 0. The van der Waals surface area contributed by atoms with Crippen LogP contribution >= 0.6 is 27.7 Å². The van der Waals surface area contributed by atoms with Gasteiger partial charge in [0.2, 0.25) is 5.91 Å². The lowest BCUT2D eigenvalue weighted by molar-refractivity contribution is -0.113. The topological polar surface area (TPSA) is 78.4 Å². The summed E-state index contributed by atoms with van der Waals surface area (Å²) in [4.78, 5) is 37.9. The van der Waals surface area contributed by atoms with Crippen molar-refractivity contribution in [3.63, 3.8) is 0 Å². The van der Waals surface area contributed by atoms with Gasteiger partial charge in [0.05, 0.1) is 5.75 Å². The Labute approximate surface area is 212 Å². The Morgan fingerprint density at radius 2 is 1.56 bits per heavy atom. The zero-order valence-corrected chi connectivity index (χ0v) is 21.5. The number of nitrogens with one attached hydrogen (secondary N) is 1. The maximum absolute atomic E-state index is 12.7. The van der Waals surface area contributed by atoms with E-state index in [2.05, 4.69) is 36.1 Å². The van der Waals surface area contributed by atoms with E-state index in [1.165, 1.54) is 11.8 Å². The number of nitrogens with zero attached hydrogens (tertiary/aromatic N) is 4. The van der Waals surface area contributed by atoms with Gasteiger partial charge >= 0.3 is 0 Å². The van der Waals surface area contributed by atoms with Gasteiger partial charge in [-0.05, 0) is 68.4 Å². The van der Waals surface area contributed by atoms with Crippen LogP contribution in [-0.4, -0.2) is 58.6 Å². The standard InChI is InChI=1S/C25H26BrN5O2S/c1-17-15-18(2)28-25(27-17)34-16-23(32)29-21-7-9-22(10-8-21)30-11-13-31(14-12-30)24(33)19-3-5-20(26)6-4-19/h3-10,15H,11-14,16H2,1-2H3,(H,29,32). The molecule has 0 atom stereocenters. The first-order chi connectivity index (χ1) is 16.4. The highest BCUT2D eigenvalue weighted by molar-refractivity contribution is 9.10. The molecule has 1 aliphatic heterocycles. The quantitative estimate of drug-likeness (QED) is 0.365. The van der Waals surface area contributed by atoms with Gasteiger partial charge in [0, 0.05) is 59.0 Å². The predicted molar refractivity (Wildman–Crippen MR) is 140 cm³/mol. The number of amides is 2. The van der Waals surface area contributed by atoms with Crippen LogP contribution in [0.5, 0.6) is 0 Å². The second-order valence-electron chi connectivity index (χ2n) is 8.10. The molecule has 0 unspecified atom stereocenters. The molecule has 4 rings (SSSR count). The first kappa shape index (κ1) is 24.2. The minimum absolute atomic E-state index is 0.0642. The molecule has 34 heavy (non-hydrogen) atoms. The molecule has 1 fully saturated rings. The number of halogens is 1. The summed E-state index contributed by atoms with van der Waals surface area (Å²) in [6, 6.07) is 17.2. The molecular weight excluding hydrogens is 514 g/mol. The average Bonchev–Trinajstić information content (AvgIpc) is 2.83. The maximum Gasteiger partial charge on any atom is 0.253 e. The molecule has 2 heterocycles. The molecule has 2 aromatic carbocycles. The van der Waals surface area contributed by atoms with Crippen molar-refractivity contribution in [3.8, 4) is 0 Å². The Morgan fingerprint density at radius 3 is 2.18 bits per heavy atom. The molecule has 0 saturated carbocycles. The Hall–Kier alpha value is -2.91. The molecule has 0 radical (unpaired) electrons. The summed E-state index contributed by atoms with van der Waals surface area (Å²) in [5.41, 5.74) is 4.32. The summed E-state index contributed by atoms with van der Waals surface area (Å²) in [5, 5.41) is 3.54. The Morgan fingerprint density at radius 1 is 0.941 bits per heavy atom. The molecule has 0 bridgehead atoms. The van der Waals surface area contributed by atoms with Gasteiger partial charge in [-0.3, -0.25) is 9.59 Å². The van der Waals surface area contributed by atoms with Crippen molar-refractivity contribution in [1.82, 2.24) is 14.9 Å². The average molecular weight is 540 g/mol. The third-order valence-electron chi connectivity index (χ3n) is 5.47. The molecule has 1 saturated heterocycles. The van der Waals surface area contributed by atoms with E-state index in [1.807, 2.05) is 73.3 Å². The van der Waals surface area contributed by atoms with Crippen LogP contribution in [0.2, 0.25) is 0 Å². The van der Waals surface area contributed by atoms with Crippen molar-refractivity contribution < 1.29 is 9.59 Å². The van der Waals surface area contributed by atoms with Crippen LogP contribution in [0.4, 0.5) is 11.4 Å². The van der Waals surface area contributed by atoms with E-state index in [0.717, 1.165) is 40.3 Å². The highest BCUT2D eigenvalue weighted by atomic mass is 79.9. The van der Waals surface area contributed by atoms with Crippen LogP contribution < -0.4 is 10.2 Å². The van der Waals surface area contributed by atoms with E-state index in [9.17, 15) is 9.59 Å². The van der Waals surface area contributed by atoms with Crippen LogP contribution in [0.15, 0.2) is 64.2 Å². The van der Waals surface area contributed by atoms with Crippen LogP contribution in [0.3, 0.4) is 0 Å². The van der Waals surface area contributed by atoms with Gasteiger partial charge in [0.25, 0.3) is 5.91 Å². The molecule has 1 N–H and O–H groups in total. The molecule has 2 amide bonds. The van der Waals surface area contributed by atoms with Crippen LogP contribution in [0, 0.1) is 13.8 Å². The zero-order chi connectivity index (χ0) is 24.1. The van der Waals surface area contributed by atoms with Crippen molar-refractivity contribution in [2.24, 2.45) is 0 Å². The van der Waals surface area contributed by atoms with E-state index < -0.39 is 0 Å². The van der Waals surface area contributed by atoms with E-state index in [1.54, 1.807) is 0 Å². The number of aryl methyl sites for hydroxylation is 2. The second-order valence-corrected chi connectivity index (χ2v) is 9.96. The molecule has 176 valence electrons. The number of hydrogen-bond donors (Lipinski definition) is 1. The zero-order valence-electron chi connectivity index (χ0n) is 19.1. The first-order valence-corrected chi connectivity index (χ1v) is 12.8. The SMILES string of the molecule is Cc1cc(C)nc(SCC(=O)Nc2ccc(N3CCN(C(=O)c4ccc(Br)cc4)CC3)cc2)n1. The van der Waals surface area contributed by atoms with Crippen LogP contribution in [0.25, 0.3) is 0 Å². The van der Waals surface area contributed by atoms with Crippen molar-refractivity contribution >= 4 is 50.9 Å². The number of aromatic nitrogens is 2. The summed E-state index contributed by atoms with van der Waals surface area (Å²) in [5.74, 6) is 0.216. The normalized spacial score (nSPS) is 13.6. The number of anilines is 2. The molecule has 1 aromatic heterocycles. The lowest BCUT2D eigenvalue weighted by Crippen LogP contribution is -2.48. The predicted octanol–water partition coefficient (Wildman–Crippen LogP) is 4.55. The van der Waals surface area contributed by atoms with E-state index in [0.29, 0.717) is 23.8 Å². The summed E-state index contributed by atoms with van der Waals surface area (Å²) >= 11 is 4.73. The highest BCUT2D eigenvalue weighted by Crippen LogP contribution is 2.21. The minimum Gasteiger partial charge on any atom is -0.368 e. The number of carbonyl (C=O) groups is 2. The lowest BCUT2D eigenvalue weighted by atomic mass is 10.1. The van der Waals surface area contributed by atoms with Crippen molar-refractivity contribution in [2.45, 2.75) is 19.0 Å². The monoisotopic (exact) mass is 539 g/mol. The molecule has 3 aromatic rings. The molecular formula is C25H26BrN5O2S. The smallest absolute Gasteiger partial charge is 0.253 e. The maximum atomic E-state index is 12.7. The summed E-state index contributed by atoms with van der Waals surface area (Å²) in [7, 11) is 0. The van der Waals surface area contributed by atoms with Gasteiger partial charge in [-0.15, -0.1) is 0 Å². The van der Waals surface area contributed by atoms with Crippen molar-refractivity contribution in [3.05, 3.63) is 76.0 Å².